The van der Waals surface area contributed by atoms with Crippen molar-refractivity contribution in [1.29, 1.82) is 0 Å². The summed E-state index contributed by atoms with van der Waals surface area (Å²) in [6.45, 7) is 0.628. The smallest absolute Gasteiger partial charge is 0.220 e. The average Bonchev–Trinajstić information content (AvgIpc) is 2.51. The second-order valence-electron chi connectivity index (χ2n) is 3.41. The highest BCUT2D eigenvalue weighted by Gasteiger charge is 2.24. The Morgan fingerprint density at radius 2 is 2.29 bits per heavy atom. The van der Waals surface area contributed by atoms with Gasteiger partial charge in [0.05, 0.1) is 0 Å². The van der Waals surface area contributed by atoms with Gasteiger partial charge in [-0.25, -0.2) is 0 Å². The Balaban J connectivity index is 2.28. The molecule has 2 N–H and O–H groups in total. The Morgan fingerprint density at radius 1 is 1.50 bits per heavy atom. The molecular weight excluding hydrogens is 202 g/mol. The van der Waals surface area contributed by atoms with E-state index >= 15 is 0 Å². The summed E-state index contributed by atoms with van der Waals surface area (Å²) in [6, 6.07) is 4.85. The highest BCUT2D eigenvalue weighted by molar-refractivity contribution is 6.31. The molecule has 1 saturated heterocycles. The lowest BCUT2D eigenvalue weighted by atomic mass is 9.98. The highest BCUT2D eigenvalue weighted by atomic mass is 35.5. The van der Waals surface area contributed by atoms with Crippen LogP contribution < -0.4 is 5.32 Å². The summed E-state index contributed by atoms with van der Waals surface area (Å²) in [5.41, 5.74) is 0.919. The third kappa shape index (κ3) is 1.68. The lowest BCUT2D eigenvalue weighted by molar-refractivity contribution is -0.119. The molecule has 0 spiro atoms. The standard InChI is InChI=1S/C10H10ClNO2/c11-9-4-7(13)1-2-8(9)6-3-10(14)12-5-6/h1-2,4,6,13H,3,5H2,(H,12,14). The van der Waals surface area contributed by atoms with Crippen molar-refractivity contribution in [1.82, 2.24) is 5.32 Å². The molecule has 0 radical (unpaired) electrons. The van der Waals surface area contributed by atoms with E-state index in [0.29, 0.717) is 18.0 Å². The molecule has 0 bridgehead atoms. The molecule has 1 heterocycles. The van der Waals surface area contributed by atoms with Gasteiger partial charge in [0, 0.05) is 23.9 Å². The molecule has 1 atom stereocenters. The molecule has 1 aromatic rings. The maximum atomic E-state index is 11.0. The van der Waals surface area contributed by atoms with E-state index in [1.165, 1.54) is 6.07 Å². The van der Waals surface area contributed by atoms with Gasteiger partial charge in [-0.1, -0.05) is 17.7 Å². The summed E-state index contributed by atoms with van der Waals surface area (Å²) in [5.74, 6) is 0.339. The summed E-state index contributed by atoms with van der Waals surface area (Å²) in [6.07, 6.45) is 0.477. The van der Waals surface area contributed by atoms with Crippen LogP contribution >= 0.6 is 11.6 Å². The van der Waals surface area contributed by atoms with E-state index < -0.39 is 0 Å². The van der Waals surface area contributed by atoms with Gasteiger partial charge >= 0.3 is 0 Å². The molecule has 3 nitrogen and oxygen atoms in total. The molecule has 2 rings (SSSR count). The first-order chi connectivity index (χ1) is 6.66. The van der Waals surface area contributed by atoms with Crippen LogP contribution in [0.15, 0.2) is 18.2 Å². The molecule has 1 aromatic carbocycles. The zero-order valence-electron chi connectivity index (χ0n) is 7.46. The Hall–Kier alpha value is -1.22. The van der Waals surface area contributed by atoms with E-state index in [4.69, 9.17) is 16.7 Å². The number of nitrogens with one attached hydrogen (secondary N) is 1. The molecular formula is C10H10ClNO2. The number of aromatic hydroxyl groups is 1. The quantitative estimate of drug-likeness (QED) is 0.742. The number of benzene rings is 1. The summed E-state index contributed by atoms with van der Waals surface area (Å²) >= 11 is 5.96. The van der Waals surface area contributed by atoms with Gasteiger partial charge in [0.25, 0.3) is 0 Å². The van der Waals surface area contributed by atoms with Crippen molar-refractivity contribution in [2.24, 2.45) is 0 Å². The molecule has 1 fully saturated rings. The molecule has 0 aromatic heterocycles. The Kier molecular flexibility index (Phi) is 2.33. The lowest BCUT2D eigenvalue weighted by Gasteiger charge is -2.09. The maximum Gasteiger partial charge on any atom is 0.220 e. The van der Waals surface area contributed by atoms with E-state index in [1.807, 2.05) is 0 Å². The predicted octanol–water partition coefficient (Wildman–Crippen LogP) is 1.65. The lowest BCUT2D eigenvalue weighted by Crippen LogP contribution is -2.13. The Labute approximate surface area is 86.7 Å². The largest absolute Gasteiger partial charge is 0.508 e. The minimum Gasteiger partial charge on any atom is -0.508 e. The highest BCUT2D eigenvalue weighted by Crippen LogP contribution is 2.31. The monoisotopic (exact) mass is 211 g/mol. The molecule has 1 unspecified atom stereocenters. The molecule has 1 aliphatic rings. The number of carbonyl (C=O) groups is 1. The minimum atomic E-state index is 0.0548. The van der Waals surface area contributed by atoms with Crippen molar-refractivity contribution in [2.45, 2.75) is 12.3 Å². The van der Waals surface area contributed by atoms with Crippen molar-refractivity contribution >= 4 is 17.5 Å². The van der Waals surface area contributed by atoms with Gasteiger partial charge in [-0.05, 0) is 17.7 Å². The fourth-order valence-corrected chi connectivity index (χ4v) is 2.00. The van der Waals surface area contributed by atoms with Gasteiger partial charge in [-0.2, -0.15) is 0 Å². The summed E-state index contributed by atoms with van der Waals surface area (Å²) in [5, 5.41) is 12.4. The van der Waals surface area contributed by atoms with E-state index in [0.717, 1.165) is 5.56 Å². The number of hydrogen-bond acceptors (Lipinski definition) is 2. The van der Waals surface area contributed by atoms with Crippen molar-refractivity contribution in [2.75, 3.05) is 6.54 Å². The molecule has 0 saturated carbocycles. The number of carbonyl (C=O) groups excluding carboxylic acids is 1. The van der Waals surface area contributed by atoms with Crippen LogP contribution in [0.25, 0.3) is 0 Å². The van der Waals surface area contributed by atoms with Crippen LogP contribution in [-0.2, 0) is 4.79 Å². The number of phenolic OH excluding ortho intramolecular Hbond substituents is 1. The van der Waals surface area contributed by atoms with Gasteiger partial charge in [0.1, 0.15) is 5.75 Å². The van der Waals surface area contributed by atoms with Crippen LogP contribution in [0.5, 0.6) is 5.75 Å². The molecule has 0 aliphatic carbocycles. The van der Waals surface area contributed by atoms with E-state index in [1.54, 1.807) is 12.1 Å². The van der Waals surface area contributed by atoms with Gasteiger partial charge in [0.2, 0.25) is 5.91 Å². The first-order valence-corrected chi connectivity index (χ1v) is 4.79. The first kappa shape index (κ1) is 9.34. The first-order valence-electron chi connectivity index (χ1n) is 4.42. The number of hydrogen-bond donors (Lipinski definition) is 2. The van der Waals surface area contributed by atoms with Crippen molar-refractivity contribution in [3.63, 3.8) is 0 Å². The van der Waals surface area contributed by atoms with Crippen molar-refractivity contribution in [3.05, 3.63) is 28.8 Å². The SMILES string of the molecule is O=C1CC(c2ccc(O)cc2Cl)CN1. The van der Waals surface area contributed by atoms with E-state index in [9.17, 15) is 4.79 Å². The van der Waals surface area contributed by atoms with Gasteiger partial charge < -0.3 is 10.4 Å². The number of amides is 1. The van der Waals surface area contributed by atoms with Crippen LogP contribution in [-0.4, -0.2) is 17.6 Å². The third-order valence-electron chi connectivity index (χ3n) is 2.40. The van der Waals surface area contributed by atoms with E-state index in [2.05, 4.69) is 5.32 Å². The van der Waals surface area contributed by atoms with Crippen molar-refractivity contribution < 1.29 is 9.90 Å². The van der Waals surface area contributed by atoms with Crippen LogP contribution in [0.1, 0.15) is 17.9 Å². The normalized spacial score (nSPS) is 20.9. The van der Waals surface area contributed by atoms with Gasteiger partial charge in [-0.15, -0.1) is 0 Å². The van der Waals surface area contributed by atoms with E-state index in [-0.39, 0.29) is 17.6 Å². The summed E-state index contributed by atoms with van der Waals surface area (Å²) in [7, 11) is 0. The summed E-state index contributed by atoms with van der Waals surface area (Å²) < 4.78 is 0. The van der Waals surface area contributed by atoms with Crippen molar-refractivity contribution in [3.8, 4) is 5.75 Å². The fraction of sp³-hybridized carbons (Fsp3) is 0.300. The van der Waals surface area contributed by atoms with Crippen LogP contribution in [0, 0.1) is 0 Å². The average molecular weight is 212 g/mol. The third-order valence-corrected chi connectivity index (χ3v) is 2.73. The minimum absolute atomic E-state index is 0.0548. The molecule has 1 amide bonds. The number of halogens is 1. The van der Waals surface area contributed by atoms with Crippen LogP contribution in [0.3, 0.4) is 0 Å². The second-order valence-corrected chi connectivity index (χ2v) is 3.82. The zero-order chi connectivity index (χ0) is 10.1. The number of phenols is 1. The summed E-state index contributed by atoms with van der Waals surface area (Å²) in [4.78, 5) is 11.0. The molecule has 4 heteroatoms. The predicted molar refractivity (Wildman–Crippen MR) is 53.5 cm³/mol. The number of rotatable bonds is 1. The Morgan fingerprint density at radius 3 is 2.86 bits per heavy atom. The zero-order valence-corrected chi connectivity index (χ0v) is 8.21. The van der Waals surface area contributed by atoms with Crippen LogP contribution in [0.2, 0.25) is 5.02 Å². The topological polar surface area (TPSA) is 49.3 Å². The second kappa shape index (κ2) is 3.50. The van der Waals surface area contributed by atoms with Crippen LogP contribution in [0.4, 0.5) is 0 Å². The maximum absolute atomic E-state index is 11.0. The molecule has 14 heavy (non-hydrogen) atoms. The fourth-order valence-electron chi connectivity index (χ4n) is 1.67. The molecule has 74 valence electrons. The van der Waals surface area contributed by atoms with Gasteiger partial charge in [0.15, 0.2) is 0 Å². The molecule has 1 aliphatic heterocycles. The van der Waals surface area contributed by atoms with Gasteiger partial charge in [-0.3, -0.25) is 4.79 Å². The Bertz CT molecular complexity index is 378.